The van der Waals surface area contributed by atoms with Crippen LogP contribution in [0, 0.1) is 6.92 Å². The van der Waals surface area contributed by atoms with Crippen LogP contribution in [0.5, 0.6) is 0 Å². The Balaban J connectivity index is 1.40. The standard InChI is InChI=1S/C15H27N5OS/c1-13-16-17-15(22-13)12-19-4-2-14(3-5-19)20-8-6-18(7-9-20)10-11-21/h14,21H,2-12H2,1H3. The lowest BCUT2D eigenvalue weighted by Gasteiger charge is -2.42. The quantitative estimate of drug-likeness (QED) is 0.847. The van der Waals surface area contributed by atoms with E-state index in [2.05, 4.69) is 24.9 Å². The van der Waals surface area contributed by atoms with Crippen molar-refractivity contribution in [3.63, 3.8) is 0 Å². The average molecular weight is 325 g/mol. The molecule has 0 spiro atoms. The number of aliphatic hydroxyl groups is 1. The molecule has 2 saturated heterocycles. The fourth-order valence-electron chi connectivity index (χ4n) is 3.53. The third kappa shape index (κ3) is 4.23. The minimum absolute atomic E-state index is 0.281. The van der Waals surface area contributed by atoms with E-state index in [0.29, 0.717) is 0 Å². The second-order valence-corrected chi connectivity index (χ2v) is 7.59. The summed E-state index contributed by atoms with van der Waals surface area (Å²) in [5.74, 6) is 0. The molecule has 2 aliphatic heterocycles. The largest absolute Gasteiger partial charge is 0.395 e. The van der Waals surface area contributed by atoms with Crippen molar-refractivity contribution >= 4 is 11.3 Å². The van der Waals surface area contributed by atoms with E-state index in [0.717, 1.165) is 55.3 Å². The van der Waals surface area contributed by atoms with Crippen molar-refractivity contribution in [2.24, 2.45) is 0 Å². The molecule has 0 unspecified atom stereocenters. The number of piperidine rings is 1. The average Bonchev–Trinajstić information content (AvgIpc) is 2.94. The summed E-state index contributed by atoms with van der Waals surface area (Å²) in [5.41, 5.74) is 0. The summed E-state index contributed by atoms with van der Waals surface area (Å²) < 4.78 is 0. The van der Waals surface area contributed by atoms with Crippen LogP contribution in [-0.2, 0) is 6.54 Å². The molecule has 0 aliphatic carbocycles. The first-order chi connectivity index (χ1) is 10.7. The number of hydrogen-bond acceptors (Lipinski definition) is 7. The fraction of sp³-hybridized carbons (Fsp3) is 0.867. The summed E-state index contributed by atoms with van der Waals surface area (Å²) >= 11 is 1.71. The Morgan fingerprint density at radius 3 is 2.36 bits per heavy atom. The van der Waals surface area contributed by atoms with Gasteiger partial charge in [0, 0.05) is 51.9 Å². The number of likely N-dealkylation sites (tertiary alicyclic amines) is 1. The number of piperazine rings is 1. The zero-order chi connectivity index (χ0) is 15.4. The van der Waals surface area contributed by atoms with Gasteiger partial charge in [-0.05, 0) is 19.8 Å². The molecule has 1 aromatic heterocycles. The van der Waals surface area contributed by atoms with Gasteiger partial charge in [-0.15, -0.1) is 21.5 Å². The molecule has 7 heteroatoms. The molecule has 6 nitrogen and oxygen atoms in total. The van der Waals surface area contributed by atoms with Gasteiger partial charge in [-0.2, -0.15) is 0 Å². The number of aromatic nitrogens is 2. The SMILES string of the molecule is Cc1nnc(CN2CCC(N3CCN(CCO)CC3)CC2)s1. The summed E-state index contributed by atoms with van der Waals surface area (Å²) in [4.78, 5) is 7.53. The second-order valence-electron chi connectivity index (χ2n) is 6.32. The lowest BCUT2D eigenvalue weighted by Crippen LogP contribution is -2.53. The second kappa shape index (κ2) is 7.79. The van der Waals surface area contributed by atoms with Gasteiger partial charge in [0.15, 0.2) is 0 Å². The summed E-state index contributed by atoms with van der Waals surface area (Å²) in [5, 5.41) is 19.6. The Kier molecular flexibility index (Phi) is 5.76. The molecule has 0 saturated carbocycles. The third-order valence-corrected chi connectivity index (χ3v) is 5.65. The molecule has 2 aliphatic rings. The Labute approximate surface area is 136 Å². The molecule has 0 bridgehead atoms. The van der Waals surface area contributed by atoms with Crippen molar-refractivity contribution in [2.75, 3.05) is 52.4 Å². The van der Waals surface area contributed by atoms with Crippen molar-refractivity contribution in [2.45, 2.75) is 32.4 Å². The molecule has 3 heterocycles. The Morgan fingerprint density at radius 1 is 1.05 bits per heavy atom. The Hall–Kier alpha value is -0.600. The molecular formula is C15H27N5OS. The van der Waals surface area contributed by atoms with Crippen molar-refractivity contribution in [1.82, 2.24) is 24.9 Å². The molecule has 0 amide bonds. The van der Waals surface area contributed by atoms with Crippen molar-refractivity contribution < 1.29 is 5.11 Å². The van der Waals surface area contributed by atoms with Crippen molar-refractivity contribution in [3.05, 3.63) is 10.0 Å². The summed E-state index contributed by atoms with van der Waals surface area (Å²) in [7, 11) is 0. The van der Waals surface area contributed by atoms with Gasteiger partial charge in [-0.1, -0.05) is 0 Å². The molecular weight excluding hydrogens is 298 g/mol. The molecule has 0 aromatic carbocycles. The lowest BCUT2D eigenvalue weighted by molar-refractivity contribution is 0.0516. The summed E-state index contributed by atoms with van der Waals surface area (Å²) in [6.07, 6.45) is 2.52. The maximum atomic E-state index is 9.02. The van der Waals surface area contributed by atoms with E-state index in [1.165, 1.54) is 25.9 Å². The molecule has 1 N–H and O–H groups in total. The maximum absolute atomic E-state index is 9.02. The number of nitrogens with zero attached hydrogens (tertiary/aromatic N) is 5. The minimum Gasteiger partial charge on any atom is -0.395 e. The van der Waals surface area contributed by atoms with Gasteiger partial charge in [0.05, 0.1) is 13.2 Å². The van der Waals surface area contributed by atoms with Crippen LogP contribution in [0.1, 0.15) is 22.9 Å². The fourth-order valence-corrected chi connectivity index (χ4v) is 4.28. The predicted molar refractivity (Wildman–Crippen MR) is 88.0 cm³/mol. The first-order valence-corrected chi connectivity index (χ1v) is 9.15. The Bertz CT molecular complexity index is 453. The molecule has 22 heavy (non-hydrogen) atoms. The first kappa shape index (κ1) is 16.3. The van der Waals surface area contributed by atoms with Gasteiger partial charge in [0.1, 0.15) is 10.0 Å². The van der Waals surface area contributed by atoms with E-state index in [9.17, 15) is 0 Å². The van der Waals surface area contributed by atoms with Crippen LogP contribution in [0.4, 0.5) is 0 Å². The monoisotopic (exact) mass is 325 g/mol. The zero-order valence-electron chi connectivity index (χ0n) is 13.4. The van der Waals surface area contributed by atoms with Crippen LogP contribution < -0.4 is 0 Å². The summed E-state index contributed by atoms with van der Waals surface area (Å²) in [6.45, 7) is 10.9. The number of aryl methyl sites for hydroxylation is 1. The summed E-state index contributed by atoms with van der Waals surface area (Å²) in [6, 6.07) is 0.740. The van der Waals surface area contributed by atoms with E-state index >= 15 is 0 Å². The van der Waals surface area contributed by atoms with E-state index in [-0.39, 0.29) is 6.61 Å². The topological polar surface area (TPSA) is 55.7 Å². The van der Waals surface area contributed by atoms with Crippen LogP contribution in [-0.4, -0.2) is 88.5 Å². The highest BCUT2D eigenvalue weighted by Gasteiger charge is 2.27. The molecule has 0 atom stereocenters. The van der Waals surface area contributed by atoms with Gasteiger partial charge in [-0.3, -0.25) is 14.7 Å². The van der Waals surface area contributed by atoms with Crippen LogP contribution in [0.25, 0.3) is 0 Å². The van der Waals surface area contributed by atoms with Crippen LogP contribution in [0.2, 0.25) is 0 Å². The van der Waals surface area contributed by atoms with E-state index in [4.69, 9.17) is 5.11 Å². The lowest BCUT2D eigenvalue weighted by atomic mass is 10.0. The van der Waals surface area contributed by atoms with E-state index in [1.807, 2.05) is 6.92 Å². The molecule has 0 radical (unpaired) electrons. The van der Waals surface area contributed by atoms with Gasteiger partial charge in [0.2, 0.25) is 0 Å². The normalized spacial score (nSPS) is 23.2. The van der Waals surface area contributed by atoms with Crippen LogP contribution >= 0.6 is 11.3 Å². The molecule has 124 valence electrons. The van der Waals surface area contributed by atoms with Gasteiger partial charge < -0.3 is 5.11 Å². The molecule has 3 rings (SSSR count). The highest BCUT2D eigenvalue weighted by atomic mass is 32.1. The first-order valence-electron chi connectivity index (χ1n) is 8.33. The maximum Gasteiger partial charge on any atom is 0.131 e. The molecule has 2 fully saturated rings. The number of β-amino-alcohol motifs (C(OH)–C–C–N with tert-alkyl or cyclic N) is 1. The number of rotatable bonds is 5. The van der Waals surface area contributed by atoms with Crippen LogP contribution in [0.3, 0.4) is 0 Å². The van der Waals surface area contributed by atoms with Crippen molar-refractivity contribution in [1.29, 1.82) is 0 Å². The van der Waals surface area contributed by atoms with Crippen LogP contribution in [0.15, 0.2) is 0 Å². The zero-order valence-corrected chi connectivity index (χ0v) is 14.3. The highest BCUT2D eigenvalue weighted by Crippen LogP contribution is 2.20. The number of aliphatic hydroxyl groups excluding tert-OH is 1. The molecule has 1 aromatic rings. The van der Waals surface area contributed by atoms with Gasteiger partial charge >= 0.3 is 0 Å². The predicted octanol–water partition coefficient (Wildman–Crippen LogP) is 0.421. The number of hydrogen-bond donors (Lipinski definition) is 1. The Morgan fingerprint density at radius 2 is 1.77 bits per heavy atom. The third-order valence-electron chi connectivity index (χ3n) is 4.82. The van der Waals surface area contributed by atoms with Gasteiger partial charge in [-0.25, -0.2) is 0 Å². The van der Waals surface area contributed by atoms with Gasteiger partial charge in [0.25, 0.3) is 0 Å². The smallest absolute Gasteiger partial charge is 0.131 e. The van der Waals surface area contributed by atoms with E-state index in [1.54, 1.807) is 11.3 Å². The highest BCUT2D eigenvalue weighted by molar-refractivity contribution is 7.11. The van der Waals surface area contributed by atoms with Crippen molar-refractivity contribution in [3.8, 4) is 0 Å². The minimum atomic E-state index is 0.281. The van der Waals surface area contributed by atoms with E-state index < -0.39 is 0 Å².